The maximum absolute atomic E-state index is 13.4. The molecule has 4 atom stereocenters. The van der Waals surface area contributed by atoms with Gasteiger partial charge in [-0.1, -0.05) is 0 Å². The predicted octanol–water partition coefficient (Wildman–Crippen LogP) is -2.76. The Kier molecular flexibility index (Phi) is 11.5. The molecule has 3 amide bonds. The van der Waals surface area contributed by atoms with Crippen LogP contribution in [0.1, 0.15) is 44.2 Å². The Balaban J connectivity index is 2.07. The molecule has 0 radical (unpaired) electrons. The number of rotatable bonds is 15. The zero-order chi connectivity index (χ0) is 28.2. The van der Waals surface area contributed by atoms with Gasteiger partial charge in [0, 0.05) is 37.8 Å². The molecule has 1 aromatic heterocycles. The lowest BCUT2D eigenvalue weighted by atomic mass is 10.1. The molecule has 0 spiro atoms. The summed E-state index contributed by atoms with van der Waals surface area (Å²) in [6.45, 7) is 0.363. The van der Waals surface area contributed by atoms with Crippen LogP contribution in [0.2, 0.25) is 0 Å². The van der Waals surface area contributed by atoms with Crippen LogP contribution in [0, 0.1) is 0 Å². The zero-order valence-electron chi connectivity index (χ0n) is 20.8. The van der Waals surface area contributed by atoms with Crippen LogP contribution in [-0.2, 0) is 30.4 Å². The van der Waals surface area contributed by atoms with E-state index in [-0.39, 0.29) is 44.7 Å². The summed E-state index contributed by atoms with van der Waals surface area (Å²) in [7, 11) is 0. The number of nitrogens with two attached hydrogens (primary N) is 3. The van der Waals surface area contributed by atoms with Gasteiger partial charge in [-0.25, -0.2) is 9.78 Å². The van der Waals surface area contributed by atoms with E-state index in [1.807, 2.05) is 0 Å². The van der Waals surface area contributed by atoms with Crippen LogP contribution in [0.4, 0.5) is 0 Å². The molecule has 1 aromatic rings. The lowest BCUT2D eigenvalue weighted by Gasteiger charge is -2.29. The van der Waals surface area contributed by atoms with Gasteiger partial charge in [0.2, 0.25) is 17.7 Å². The third-order valence-corrected chi connectivity index (χ3v) is 5.99. The minimum atomic E-state index is -1.25. The summed E-state index contributed by atoms with van der Waals surface area (Å²) in [4.78, 5) is 73.5. The number of likely N-dealkylation sites (tertiary alicyclic amines) is 1. The maximum Gasteiger partial charge on any atom is 0.326 e. The number of H-pyrrole nitrogens is 1. The van der Waals surface area contributed by atoms with E-state index >= 15 is 0 Å². The Bertz CT molecular complexity index is 1010. The van der Waals surface area contributed by atoms with E-state index in [2.05, 4.69) is 25.6 Å². The molecule has 0 aromatic carbocycles. The minimum absolute atomic E-state index is 0.0596. The second kappa shape index (κ2) is 14.5. The smallest absolute Gasteiger partial charge is 0.326 e. The summed E-state index contributed by atoms with van der Waals surface area (Å²) in [6, 6.07) is -4.49. The van der Waals surface area contributed by atoms with Crippen molar-refractivity contribution in [3.63, 3.8) is 0 Å². The highest BCUT2D eigenvalue weighted by Crippen LogP contribution is 2.20. The number of aliphatic imine (C=N–C) groups is 1. The Morgan fingerprint density at radius 1 is 1.16 bits per heavy atom. The number of nitrogens with one attached hydrogen (secondary N) is 3. The van der Waals surface area contributed by atoms with Crippen molar-refractivity contribution in [2.24, 2.45) is 22.2 Å². The Labute approximate surface area is 218 Å². The highest BCUT2D eigenvalue weighted by Gasteiger charge is 2.39. The summed E-state index contributed by atoms with van der Waals surface area (Å²) in [6.07, 6.45) is 3.50. The molecule has 0 bridgehead atoms. The number of guanidine groups is 1. The molecule has 0 aliphatic carbocycles. The van der Waals surface area contributed by atoms with Crippen LogP contribution in [-0.4, -0.2) is 98.0 Å². The second-order valence-corrected chi connectivity index (χ2v) is 8.92. The number of carboxylic acids is 2. The van der Waals surface area contributed by atoms with Crippen LogP contribution in [0.15, 0.2) is 17.5 Å². The van der Waals surface area contributed by atoms with E-state index in [0.29, 0.717) is 18.5 Å². The number of carboxylic acid groups (broad SMARTS) is 2. The first-order chi connectivity index (χ1) is 18.0. The van der Waals surface area contributed by atoms with Crippen LogP contribution in [0.3, 0.4) is 0 Å². The first-order valence-electron chi connectivity index (χ1n) is 12.1. The van der Waals surface area contributed by atoms with Crippen LogP contribution in [0.25, 0.3) is 0 Å². The van der Waals surface area contributed by atoms with Gasteiger partial charge in [0.1, 0.15) is 18.1 Å². The molecule has 1 aliphatic rings. The molecule has 1 fully saturated rings. The van der Waals surface area contributed by atoms with E-state index in [1.165, 1.54) is 17.4 Å². The van der Waals surface area contributed by atoms with E-state index in [9.17, 15) is 29.1 Å². The molecule has 38 heavy (non-hydrogen) atoms. The van der Waals surface area contributed by atoms with Crippen LogP contribution in [0.5, 0.6) is 0 Å². The van der Waals surface area contributed by atoms with Crippen LogP contribution < -0.4 is 27.8 Å². The molecule has 4 unspecified atom stereocenters. The van der Waals surface area contributed by atoms with Gasteiger partial charge in [-0.15, -0.1) is 0 Å². The number of carbonyl (C=O) groups excluding carboxylic acids is 3. The summed E-state index contributed by atoms with van der Waals surface area (Å²) >= 11 is 0. The van der Waals surface area contributed by atoms with Gasteiger partial charge in [0.25, 0.3) is 0 Å². The molecule has 16 nitrogen and oxygen atoms in total. The first kappa shape index (κ1) is 30.0. The van der Waals surface area contributed by atoms with Crippen LogP contribution >= 0.6 is 0 Å². The third-order valence-electron chi connectivity index (χ3n) is 5.99. The number of carbonyl (C=O) groups is 5. The molecular formula is C22H35N9O7. The fraction of sp³-hybridized carbons (Fsp3) is 0.591. The van der Waals surface area contributed by atoms with E-state index in [0.717, 1.165) is 0 Å². The van der Waals surface area contributed by atoms with Crippen molar-refractivity contribution in [3.8, 4) is 0 Å². The van der Waals surface area contributed by atoms with E-state index in [4.69, 9.17) is 22.3 Å². The van der Waals surface area contributed by atoms with Gasteiger partial charge < -0.3 is 47.9 Å². The highest BCUT2D eigenvalue weighted by molar-refractivity contribution is 5.94. The molecule has 1 aliphatic heterocycles. The standard InChI is InChI=1S/C22H35N9O7/c23-13(9-12-10-26-11-28-12)18(34)29-14(5-6-17(32)33)20(36)31-8-2-4-16(31)19(35)30-15(21(37)38)3-1-7-27-22(24)25/h10-11,13-16H,1-9,23H2,(H,26,28)(H,29,34)(H,30,35)(H,32,33)(H,37,38)(H4,24,25,27). The Morgan fingerprint density at radius 2 is 1.89 bits per heavy atom. The van der Waals surface area contributed by atoms with Crippen molar-refractivity contribution in [1.82, 2.24) is 25.5 Å². The lowest BCUT2D eigenvalue weighted by molar-refractivity contribution is -0.145. The second-order valence-electron chi connectivity index (χ2n) is 8.92. The van der Waals surface area contributed by atoms with Gasteiger partial charge in [-0.2, -0.15) is 0 Å². The number of imidazole rings is 1. The first-order valence-corrected chi connectivity index (χ1v) is 12.1. The van der Waals surface area contributed by atoms with Gasteiger partial charge >= 0.3 is 11.9 Å². The van der Waals surface area contributed by atoms with Gasteiger partial charge in [0.05, 0.1) is 12.4 Å². The van der Waals surface area contributed by atoms with Crippen molar-refractivity contribution < 1.29 is 34.2 Å². The molecule has 2 rings (SSSR count). The number of amides is 3. The molecule has 1 saturated heterocycles. The normalized spacial score (nSPS) is 17.2. The number of nitrogens with zero attached hydrogens (tertiary/aromatic N) is 3. The molecular weight excluding hydrogens is 502 g/mol. The SMILES string of the molecule is NC(N)=NCCCC(NC(=O)C1CCCN1C(=O)C(CCC(=O)O)NC(=O)C(N)Cc1cnc[nH]1)C(=O)O. The van der Waals surface area contributed by atoms with Crippen molar-refractivity contribution in [1.29, 1.82) is 0 Å². The zero-order valence-corrected chi connectivity index (χ0v) is 20.8. The number of hydrogen-bond acceptors (Lipinski definition) is 8. The molecule has 16 heteroatoms. The average molecular weight is 538 g/mol. The quantitative estimate of drug-likeness (QED) is 0.0644. The maximum atomic E-state index is 13.4. The fourth-order valence-corrected chi connectivity index (χ4v) is 4.06. The topological polar surface area (TPSA) is 272 Å². The summed E-state index contributed by atoms with van der Waals surface area (Å²) < 4.78 is 0. The number of hydrogen-bond donors (Lipinski definition) is 8. The molecule has 210 valence electrons. The average Bonchev–Trinajstić information content (AvgIpc) is 3.54. The summed E-state index contributed by atoms with van der Waals surface area (Å²) in [5.41, 5.74) is 17.0. The van der Waals surface area contributed by atoms with Gasteiger partial charge in [0.15, 0.2) is 5.96 Å². The third kappa shape index (κ3) is 9.34. The fourth-order valence-electron chi connectivity index (χ4n) is 4.06. The van der Waals surface area contributed by atoms with Gasteiger partial charge in [-0.05, 0) is 32.1 Å². The largest absolute Gasteiger partial charge is 0.481 e. The van der Waals surface area contributed by atoms with Crippen molar-refractivity contribution in [2.75, 3.05) is 13.1 Å². The highest BCUT2D eigenvalue weighted by atomic mass is 16.4. The lowest BCUT2D eigenvalue weighted by Crippen LogP contribution is -2.57. The molecule has 11 N–H and O–H groups in total. The summed E-state index contributed by atoms with van der Waals surface area (Å²) in [5.74, 6) is -4.53. The van der Waals surface area contributed by atoms with Crippen molar-refractivity contribution in [3.05, 3.63) is 18.2 Å². The van der Waals surface area contributed by atoms with Crippen molar-refractivity contribution in [2.45, 2.75) is 69.1 Å². The Hall–Kier alpha value is -4.21. The van der Waals surface area contributed by atoms with Gasteiger partial charge in [-0.3, -0.25) is 24.2 Å². The van der Waals surface area contributed by atoms with E-state index < -0.39 is 60.2 Å². The summed E-state index contributed by atoms with van der Waals surface area (Å²) in [5, 5.41) is 23.6. The Morgan fingerprint density at radius 3 is 2.50 bits per heavy atom. The molecule has 2 heterocycles. The number of aromatic amines is 1. The number of aliphatic carboxylic acids is 2. The minimum Gasteiger partial charge on any atom is -0.481 e. The van der Waals surface area contributed by atoms with E-state index in [1.54, 1.807) is 0 Å². The van der Waals surface area contributed by atoms with Crippen molar-refractivity contribution >= 4 is 35.6 Å². The number of aromatic nitrogens is 2. The predicted molar refractivity (Wildman–Crippen MR) is 133 cm³/mol. The monoisotopic (exact) mass is 537 g/mol. The molecule has 0 saturated carbocycles.